The first kappa shape index (κ1) is 11.2. The van der Waals surface area contributed by atoms with Gasteiger partial charge in [0, 0.05) is 0 Å². The topological polar surface area (TPSA) is 0 Å². The Bertz CT molecular complexity index is 735. The Kier molecular flexibility index (Phi) is 2.68. The van der Waals surface area contributed by atoms with Crippen LogP contribution in [-0.2, 0) is 0 Å². The van der Waals surface area contributed by atoms with Gasteiger partial charge in [0.15, 0.2) is 5.82 Å². The van der Waals surface area contributed by atoms with Gasteiger partial charge < -0.3 is 0 Å². The minimum atomic E-state index is -0.257. The number of rotatable bonds is 0. The van der Waals surface area contributed by atoms with Crippen molar-refractivity contribution < 1.29 is 4.39 Å². The van der Waals surface area contributed by atoms with Crippen LogP contribution in [0.4, 0.5) is 4.39 Å². The van der Waals surface area contributed by atoms with Crippen LogP contribution in [0, 0.1) is 5.82 Å². The molecule has 0 atom stereocenters. The molecule has 0 bridgehead atoms. The number of halogens is 3. The fourth-order valence-corrected chi connectivity index (χ4v) is 3.26. The average molecular weight is 354 g/mol. The molecule has 0 N–H and O–H groups in total. The summed E-state index contributed by atoms with van der Waals surface area (Å²) >= 11 is 6.54. The lowest BCUT2D eigenvalue weighted by molar-refractivity contribution is 0.617. The Morgan fingerprint density at radius 2 is 1.47 bits per heavy atom. The third-order valence-electron chi connectivity index (χ3n) is 2.84. The lowest BCUT2D eigenvalue weighted by atomic mass is 10.0. The molecule has 17 heavy (non-hydrogen) atoms. The summed E-state index contributed by atoms with van der Waals surface area (Å²) in [5.41, 5.74) is 0. The molecular formula is C14H7Br2F. The van der Waals surface area contributed by atoms with Gasteiger partial charge in [0.1, 0.15) is 0 Å². The molecule has 0 radical (unpaired) electrons. The van der Waals surface area contributed by atoms with E-state index in [0.29, 0.717) is 8.95 Å². The maximum Gasteiger partial charge on any atom is 0.152 e. The van der Waals surface area contributed by atoms with Crippen LogP contribution in [0.2, 0.25) is 0 Å². The van der Waals surface area contributed by atoms with Crippen LogP contribution in [0.5, 0.6) is 0 Å². The molecule has 0 aliphatic heterocycles. The maximum absolute atomic E-state index is 13.8. The molecule has 0 heterocycles. The third-order valence-corrected chi connectivity index (χ3v) is 4.19. The highest BCUT2D eigenvalue weighted by Gasteiger charge is 2.10. The Morgan fingerprint density at radius 1 is 0.824 bits per heavy atom. The molecule has 0 amide bonds. The first-order valence-electron chi connectivity index (χ1n) is 5.13. The molecule has 0 aliphatic carbocycles. The van der Waals surface area contributed by atoms with Crippen molar-refractivity contribution in [1.82, 2.24) is 0 Å². The molecule has 0 unspecified atom stereocenters. The predicted octanol–water partition coefficient (Wildman–Crippen LogP) is 5.66. The molecule has 84 valence electrons. The summed E-state index contributed by atoms with van der Waals surface area (Å²) in [4.78, 5) is 0. The van der Waals surface area contributed by atoms with E-state index in [-0.39, 0.29) is 5.82 Å². The minimum absolute atomic E-state index is 0.257. The van der Waals surface area contributed by atoms with Gasteiger partial charge >= 0.3 is 0 Å². The van der Waals surface area contributed by atoms with E-state index >= 15 is 0 Å². The highest BCUT2D eigenvalue weighted by atomic mass is 79.9. The normalized spacial score (nSPS) is 11.2. The summed E-state index contributed by atoms with van der Waals surface area (Å²) in [6, 6.07) is 14.0. The van der Waals surface area contributed by atoms with E-state index in [0.717, 1.165) is 21.5 Å². The summed E-state index contributed by atoms with van der Waals surface area (Å²) in [5.74, 6) is -0.257. The Balaban J connectivity index is 2.52. The minimum Gasteiger partial charge on any atom is -0.204 e. The van der Waals surface area contributed by atoms with E-state index in [1.54, 1.807) is 0 Å². The number of hydrogen-bond donors (Lipinski definition) is 0. The van der Waals surface area contributed by atoms with Crippen LogP contribution in [0.15, 0.2) is 51.4 Å². The summed E-state index contributed by atoms with van der Waals surface area (Å²) < 4.78 is 14.8. The maximum atomic E-state index is 13.8. The van der Waals surface area contributed by atoms with Gasteiger partial charge in [-0.3, -0.25) is 0 Å². The second kappa shape index (κ2) is 4.07. The van der Waals surface area contributed by atoms with E-state index in [1.165, 1.54) is 0 Å². The second-order valence-electron chi connectivity index (χ2n) is 3.91. The van der Waals surface area contributed by atoms with Gasteiger partial charge in [-0.05, 0) is 71.6 Å². The van der Waals surface area contributed by atoms with Gasteiger partial charge in [-0.25, -0.2) is 4.39 Å². The SMILES string of the molecule is Fc1c(Br)cc2cc3ccccc3cc2c1Br. The van der Waals surface area contributed by atoms with Gasteiger partial charge in [0.2, 0.25) is 0 Å². The van der Waals surface area contributed by atoms with Crippen LogP contribution in [-0.4, -0.2) is 0 Å². The van der Waals surface area contributed by atoms with Crippen LogP contribution in [0.3, 0.4) is 0 Å². The molecular weight excluding hydrogens is 347 g/mol. The van der Waals surface area contributed by atoms with Crippen molar-refractivity contribution in [2.24, 2.45) is 0 Å². The van der Waals surface area contributed by atoms with Crippen LogP contribution >= 0.6 is 31.9 Å². The Hall–Kier alpha value is -0.930. The summed E-state index contributed by atoms with van der Waals surface area (Å²) in [6.45, 7) is 0. The van der Waals surface area contributed by atoms with Crippen molar-refractivity contribution in [3.63, 3.8) is 0 Å². The summed E-state index contributed by atoms with van der Waals surface area (Å²) in [5, 5.41) is 4.18. The molecule has 0 aromatic heterocycles. The van der Waals surface area contributed by atoms with E-state index in [2.05, 4.69) is 44.0 Å². The molecule has 3 aromatic carbocycles. The highest BCUT2D eigenvalue weighted by Crippen LogP contribution is 2.34. The first-order chi connectivity index (χ1) is 8.16. The third kappa shape index (κ3) is 1.78. The molecule has 3 aromatic rings. The van der Waals surface area contributed by atoms with Gasteiger partial charge in [-0.1, -0.05) is 24.3 Å². The number of hydrogen-bond acceptors (Lipinski definition) is 0. The molecule has 0 saturated heterocycles. The summed E-state index contributed by atoms with van der Waals surface area (Å²) in [6.07, 6.45) is 0. The largest absolute Gasteiger partial charge is 0.204 e. The monoisotopic (exact) mass is 352 g/mol. The fourth-order valence-electron chi connectivity index (χ4n) is 1.99. The average Bonchev–Trinajstić information content (AvgIpc) is 2.34. The molecule has 3 heteroatoms. The highest BCUT2D eigenvalue weighted by molar-refractivity contribution is 9.11. The van der Waals surface area contributed by atoms with Gasteiger partial charge in [-0.15, -0.1) is 0 Å². The molecule has 0 saturated carbocycles. The molecule has 0 nitrogen and oxygen atoms in total. The lowest BCUT2D eigenvalue weighted by Crippen LogP contribution is -1.84. The molecule has 0 aliphatic rings. The van der Waals surface area contributed by atoms with E-state index in [9.17, 15) is 4.39 Å². The second-order valence-corrected chi connectivity index (χ2v) is 5.55. The van der Waals surface area contributed by atoms with Gasteiger partial charge in [0.05, 0.1) is 8.95 Å². The zero-order valence-electron chi connectivity index (χ0n) is 8.68. The smallest absolute Gasteiger partial charge is 0.152 e. The molecule has 3 rings (SSSR count). The first-order valence-corrected chi connectivity index (χ1v) is 6.71. The van der Waals surface area contributed by atoms with Crippen LogP contribution in [0.25, 0.3) is 21.5 Å². The predicted molar refractivity (Wildman–Crippen MR) is 76.8 cm³/mol. The number of benzene rings is 3. The van der Waals surface area contributed by atoms with Crippen molar-refractivity contribution in [3.8, 4) is 0 Å². The van der Waals surface area contributed by atoms with Crippen LogP contribution in [0.1, 0.15) is 0 Å². The Morgan fingerprint density at radius 3 is 2.18 bits per heavy atom. The van der Waals surface area contributed by atoms with Crippen molar-refractivity contribution in [1.29, 1.82) is 0 Å². The van der Waals surface area contributed by atoms with Crippen molar-refractivity contribution in [2.45, 2.75) is 0 Å². The quantitative estimate of drug-likeness (QED) is 0.361. The van der Waals surface area contributed by atoms with Crippen molar-refractivity contribution in [2.75, 3.05) is 0 Å². The summed E-state index contributed by atoms with van der Waals surface area (Å²) in [7, 11) is 0. The van der Waals surface area contributed by atoms with Gasteiger partial charge in [-0.2, -0.15) is 0 Å². The van der Waals surface area contributed by atoms with E-state index in [1.807, 2.05) is 30.3 Å². The standard InChI is InChI=1S/C14H7Br2F/c15-12-7-10-5-8-3-1-2-4-9(8)6-11(10)13(16)14(12)17/h1-7H. The van der Waals surface area contributed by atoms with E-state index < -0.39 is 0 Å². The van der Waals surface area contributed by atoms with E-state index in [4.69, 9.17) is 0 Å². The van der Waals surface area contributed by atoms with Crippen LogP contribution < -0.4 is 0 Å². The van der Waals surface area contributed by atoms with Crippen molar-refractivity contribution >= 4 is 53.4 Å². The molecule has 0 fully saturated rings. The zero-order valence-corrected chi connectivity index (χ0v) is 11.8. The molecule has 0 spiro atoms. The number of fused-ring (bicyclic) bond motifs is 2. The Labute approximate surface area is 115 Å². The van der Waals surface area contributed by atoms with Gasteiger partial charge in [0.25, 0.3) is 0 Å². The fraction of sp³-hybridized carbons (Fsp3) is 0. The zero-order chi connectivity index (χ0) is 12.0. The van der Waals surface area contributed by atoms with Crippen molar-refractivity contribution in [3.05, 3.63) is 57.2 Å². The lowest BCUT2D eigenvalue weighted by Gasteiger charge is -2.06.